The van der Waals surface area contributed by atoms with Crippen molar-refractivity contribution in [2.45, 2.75) is 46.6 Å². The molecule has 1 unspecified atom stereocenters. The van der Waals surface area contributed by atoms with Crippen molar-refractivity contribution >= 4 is 11.4 Å². The Kier molecular flexibility index (Phi) is 6.12. The van der Waals surface area contributed by atoms with Crippen molar-refractivity contribution in [3.63, 3.8) is 0 Å². The SMILES string of the molecule is Cc1cccc(C)c1N=C(CCc1ccccc1)C(O)C(C)C. The molecule has 0 aliphatic carbocycles. The fourth-order valence-corrected chi connectivity index (χ4v) is 2.70. The molecule has 0 heterocycles. The lowest BCUT2D eigenvalue weighted by molar-refractivity contribution is 0.188. The number of aliphatic hydroxyl groups is 1. The van der Waals surface area contributed by atoms with Crippen LogP contribution in [0.5, 0.6) is 0 Å². The van der Waals surface area contributed by atoms with E-state index >= 15 is 0 Å². The van der Waals surface area contributed by atoms with Gasteiger partial charge in [-0.2, -0.15) is 0 Å². The second-order valence-corrected chi connectivity index (χ2v) is 6.52. The summed E-state index contributed by atoms with van der Waals surface area (Å²) in [6, 6.07) is 16.6. The van der Waals surface area contributed by atoms with Gasteiger partial charge in [0.2, 0.25) is 0 Å². The highest BCUT2D eigenvalue weighted by Gasteiger charge is 2.17. The second-order valence-electron chi connectivity index (χ2n) is 6.52. The number of aliphatic imine (C=N–C) groups is 1. The van der Waals surface area contributed by atoms with E-state index in [1.54, 1.807) is 0 Å². The van der Waals surface area contributed by atoms with E-state index in [-0.39, 0.29) is 5.92 Å². The number of hydrogen-bond acceptors (Lipinski definition) is 2. The van der Waals surface area contributed by atoms with Crippen molar-refractivity contribution in [1.82, 2.24) is 0 Å². The van der Waals surface area contributed by atoms with E-state index in [0.717, 1.165) is 35.4 Å². The third-order valence-corrected chi connectivity index (χ3v) is 4.18. The molecule has 23 heavy (non-hydrogen) atoms. The summed E-state index contributed by atoms with van der Waals surface area (Å²) in [6.07, 6.45) is 1.17. The number of rotatable bonds is 6. The summed E-state index contributed by atoms with van der Waals surface area (Å²) >= 11 is 0. The Morgan fingerprint density at radius 2 is 1.57 bits per heavy atom. The molecule has 0 radical (unpaired) electrons. The average Bonchev–Trinajstić information content (AvgIpc) is 2.54. The molecule has 2 aromatic carbocycles. The Balaban J connectivity index is 2.29. The molecule has 0 aliphatic rings. The minimum Gasteiger partial charge on any atom is -0.387 e. The maximum Gasteiger partial charge on any atom is 0.0944 e. The van der Waals surface area contributed by atoms with E-state index in [4.69, 9.17) is 4.99 Å². The predicted molar refractivity (Wildman–Crippen MR) is 98.6 cm³/mol. The van der Waals surface area contributed by atoms with Gasteiger partial charge in [0.15, 0.2) is 0 Å². The third kappa shape index (κ3) is 4.77. The highest BCUT2D eigenvalue weighted by atomic mass is 16.3. The molecule has 0 amide bonds. The predicted octanol–water partition coefficient (Wildman–Crippen LogP) is 5.03. The maximum atomic E-state index is 10.6. The molecule has 2 nitrogen and oxygen atoms in total. The molecule has 0 aliphatic heterocycles. The number of aliphatic hydroxyl groups excluding tert-OH is 1. The van der Waals surface area contributed by atoms with Crippen molar-refractivity contribution in [3.8, 4) is 0 Å². The van der Waals surface area contributed by atoms with Crippen LogP contribution in [-0.2, 0) is 6.42 Å². The van der Waals surface area contributed by atoms with Crippen LogP contribution < -0.4 is 0 Å². The second kappa shape index (κ2) is 8.07. The number of nitrogens with zero attached hydrogens (tertiary/aromatic N) is 1. The van der Waals surface area contributed by atoms with Crippen LogP contribution in [-0.4, -0.2) is 16.9 Å². The van der Waals surface area contributed by atoms with Gasteiger partial charge in [0.1, 0.15) is 0 Å². The van der Waals surface area contributed by atoms with Gasteiger partial charge in [-0.25, -0.2) is 0 Å². The first-order valence-corrected chi connectivity index (χ1v) is 8.34. The molecule has 2 aromatic rings. The van der Waals surface area contributed by atoms with Gasteiger partial charge < -0.3 is 5.11 Å². The quantitative estimate of drug-likeness (QED) is 0.746. The van der Waals surface area contributed by atoms with Crippen LogP contribution in [0.1, 0.15) is 37.0 Å². The van der Waals surface area contributed by atoms with Gasteiger partial charge in [-0.3, -0.25) is 4.99 Å². The van der Waals surface area contributed by atoms with Crippen LogP contribution >= 0.6 is 0 Å². The lowest BCUT2D eigenvalue weighted by atomic mass is 9.96. The molecule has 122 valence electrons. The lowest BCUT2D eigenvalue weighted by Gasteiger charge is -2.18. The third-order valence-electron chi connectivity index (χ3n) is 4.18. The molecule has 1 atom stereocenters. The summed E-state index contributed by atoms with van der Waals surface area (Å²) in [4.78, 5) is 4.86. The fraction of sp³-hybridized carbons (Fsp3) is 0.381. The normalized spacial score (nSPS) is 13.4. The highest BCUT2D eigenvalue weighted by Crippen LogP contribution is 2.25. The zero-order valence-corrected chi connectivity index (χ0v) is 14.6. The Morgan fingerprint density at radius 1 is 0.957 bits per heavy atom. The first kappa shape index (κ1) is 17.4. The Labute approximate surface area is 139 Å². The molecule has 1 N–H and O–H groups in total. The van der Waals surface area contributed by atoms with Crippen molar-refractivity contribution in [1.29, 1.82) is 0 Å². The van der Waals surface area contributed by atoms with E-state index in [9.17, 15) is 5.11 Å². The molecule has 0 spiro atoms. The van der Waals surface area contributed by atoms with Gasteiger partial charge in [0, 0.05) is 5.71 Å². The van der Waals surface area contributed by atoms with Gasteiger partial charge in [-0.05, 0) is 49.3 Å². The average molecular weight is 309 g/mol. The van der Waals surface area contributed by atoms with Gasteiger partial charge >= 0.3 is 0 Å². The largest absolute Gasteiger partial charge is 0.387 e. The summed E-state index contributed by atoms with van der Waals surface area (Å²) in [5, 5.41) is 10.6. The van der Waals surface area contributed by atoms with Crippen LogP contribution in [0.2, 0.25) is 0 Å². The van der Waals surface area contributed by atoms with Gasteiger partial charge in [-0.15, -0.1) is 0 Å². The molecule has 0 bridgehead atoms. The van der Waals surface area contributed by atoms with Crippen LogP contribution in [0.25, 0.3) is 0 Å². The van der Waals surface area contributed by atoms with Crippen molar-refractivity contribution in [2.24, 2.45) is 10.9 Å². The topological polar surface area (TPSA) is 32.6 Å². The standard InChI is InChI=1S/C21H27NO/c1-15(2)21(23)19(14-13-18-11-6-5-7-12-18)22-20-16(3)9-8-10-17(20)4/h5-12,15,21,23H,13-14H2,1-4H3. The van der Waals surface area contributed by atoms with Gasteiger partial charge in [-0.1, -0.05) is 62.4 Å². The zero-order valence-electron chi connectivity index (χ0n) is 14.6. The Bertz CT molecular complexity index is 639. The molecule has 2 heteroatoms. The summed E-state index contributed by atoms with van der Waals surface area (Å²) in [7, 11) is 0. The molecule has 0 aromatic heterocycles. The molecular weight excluding hydrogens is 282 g/mol. The summed E-state index contributed by atoms with van der Waals surface area (Å²) < 4.78 is 0. The van der Waals surface area contributed by atoms with Crippen LogP contribution in [0, 0.1) is 19.8 Å². The maximum absolute atomic E-state index is 10.6. The minimum atomic E-state index is -0.502. The van der Waals surface area contributed by atoms with Gasteiger partial charge in [0.25, 0.3) is 0 Å². The summed E-state index contributed by atoms with van der Waals surface area (Å²) in [5.41, 5.74) is 5.45. The number of hydrogen-bond donors (Lipinski definition) is 1. The molecule has 2 rings (SSSR count). The highest BCUT2D eigenvalue weighted by molar-refractivity contribution is 5.91. The van der Waals surface area contributed by atoms with Crippen LogP contribution in [0.3, 0.4) is 0 Å². The molecular formula is C21H27NO. The fourth-order valence-electron chi connectivity index (χ4n) is 2.70. The summed E-state index contributed by atoms with van der Waals surface area (Å²) in [5.74, 6) is 0.161. The molecule has 0 saturated carbocycles. The first-order valence-electron chi connectivity index (χ1n) is 8.34. The van der Waals surface area contributed by atoms with E-state index < -0.39 is 6.10 Å². The zero-order chi connectivity index (χ0) is 16.8. The molecule has 0 saturated heterocycles. The number of aryl methyl sites for hydroxylation is 3. The Morgan fingerprint density at radius 3 is 2.13 bits per heavy atom. The van der Waals surface area contributed by atoms with E-state index in [1.807, 2.05) is 26.0 Å². The smallest absolute Gasteiger partial charge is 0.0944 e. The molecule has 0 fully saturated rings. The van der Waals surface area contributed by atoms with Crippen molar-refractivity contribution < 1.29 is 5.11 Å². The lowest BCUT2D eigenvalue weighted by Crippen LogP contribution is -2.26. The minimum absolute atomic E-state index is 0.161. The van der Waals surface area contributed by atoms with E-state index in [0.29, 0.717) is 0 Å². The Hall–Kier alpha value is -1.93. The van der Waals surface area contributed by atoms with Gasteiger partial charge in [0.05, 0.1) is 11.8 Å². The van der Waals surface area contributed by atoms with E-state index in [1.165, 1.54) is 5.56 Å². The summed E-state index contributed by atoms with van der Waals surface area (Å²) in [6.45, 7) is 8.21. The van der Waals surface area contributed by atoms with Crippen molar-refractivity contribution in [3.05, 3.63) is 65.2 Å². The van der Waals surface area contributed by atoms with Crippen LogP contribution in [0.15, 0.2) is 53.5 Å². The first-order chi connectivity index (χ1) is 11.0. The van der Waals surface area contributed by atoms with Crippen molar-refractivity contribution in [2.75, 3.05) is 0 Å². The van der Waals surface area contributed by atoms with Crippen LogP contribution in [0.4, 0.5) is 5.69 Å². The van der Waals surface area contributed by atoms with E-state index in [2.05, 4.69) is 50.2 Å². The number of benzene rings is 2. The monoisotopic (exact) mass is 309 g/mol. The number of para-hydroxylation sites is 1.